The molecule has 1 heterocycles. The molecule has 0 saturated heterocycles. The number of aliphatic hydroxyl groups is 1. The fourth-order valence-electron chi connectivity index (χ4n) is 2.52. The summed E-state index contributed by atoms with van der Waals surface area (Å²) in [6.45, 7) is 6.84. The molecule has 0 aromatic heterocycles. The molecule has 146 valence electrons. The number of ether oxygens (including phenoxy) is 1. The van der Waals surface area contributed by atoms with Gasteiger partial charge in [-0.25, -0.2) is 4.79 Å². The fourth-order valence-corrected chi connectivity index (χ4v) is 2.52. The minimum atomic E-state index is -0.588. The van der Waals surface area contributed by atoms with Crippen LogP contribution in [0.15, 0.2) is 36.0 Å². The zero-order valence-electron chi connectivity index (χ0n) is 15.9. The van der Waals surface area contributed by atoms with Crippen LogP contribution in [0.5, 0.6) is 0 Å². The number of rotatable bonds is 6. The van der Waals surface area contributed by atoms with Gasteiger partial charge in [0.2, 0.25) is 0 Å². The maximum absolute atomic E-state index is 12.2. The van der Waals surface area contributed by atoms with E-state index in [9.17, 15) is 14.4 Å². The Morgan fingerprint density at radius 3 is 2.63 bits per heavy atom. The number of aliphatic hydroxyl groups excluding tert-OH is 1. The molecule has 0 aliphatic carbocycles. The molecular weight excluding hydrogens is 350 g/mol. The summed E-state index contributed by atoms with van der Waals surface area (Å²) >= 11 is 0. The first kappa shape index (κ1) is 20.4. The molecule has 1 aliphatic heterocycles. The summed E-state index contributed by atoms with van der Waals surface area (Å²) in [5.74, 6) is -0.952. The van der Waals surface area contributed by atoms with Gasteiger partial charge in [0.25, 0.3) is 11.8 Å². The van der Waals surface area contributed by atoms with Gasteiger partial charge in [-0.1, -0.05) is 12.1 Å². The molecule has 3 N–H and O–H groups in total. The number of carbonyl (C=O) groups excluding carboxylic acids is 3. The summed E-state index contributed by atoms with van der Waals surface area (Å²) in [5, 5.41) is 14.6. The zero-order chi connectivity index (χ0) is 20.2. The first-order valence-corrected chi connectivity index (χ1v) is 8.65. The smallest absolute Gasteiger partial charge is 0.408 e. The molecule has 1 atom stereocenters. The van der Waals surface area contributed by atoms with E-state index in [1.54, 1.807) is 39.0 Å². The molecule has 8 heteroatoms. The van der Waals surface area contributed by atoms with Crippen molar-refractivity contribution in [1.29, 1.82) is 0 Å². The first-order chi connectivity index (χ1) is 12.6. The molecule has 3 amide bonds. The van der Waals surface area contributed by atoms with Gasteiger partial charge in [0.05, 0.1) is 19.2 Å². The lowest BCUT2D eigenvalue weighted by Gasteiger charge is -2.22. The maximum Gasteiger partial charge on any atom is 0.408 e. The first-order valence-electron chi connectivity index (χ1n) is 8.65. The monoisotopic (exact) mass is 375 g/mol. The van der Waals surface area contributed by atoms with Gasteiger partial charge in [-0.2, -0.15) is 0 Å². The maximum atomic E-state index is 12.2. The van der Waals surface area contributed by atoms with E-state index in [2.05, 4.69) is 10.6 Å². The Morgan fingerprint density at radius 1 is 1.30 bits per heavy atom. The Balaban J connectivity index is 2.05. The van der Waals surface area contributed by atoms with E-state index in [-0.39, 0.29) is 24.9 Å². The van der Waals surface area contributed by atoms with Gasteiger partial charge in [0.15, 0.2) is 0 Å². The van der Waals surface area contributed by atoms with Crippen LogP contribution >= 0.6 is 0 Å². The molecule has 1 aromatic carbocycles. The highest BCUT2D eigenvalue weighted by atomic mass is 16.6. The van der Waals surface area contributed by atoms with Gasteiger partial charge in [-0.3, -0.25) is 14.5 Å². The summed E-state index contributed by atoms with van der Waals surface area (Å²) in [6, 6.07) is 6.81. The zero-order valence-corrected chi connectivity index (χ0v) is 15.9. The molecule has 1 aliphatic rings. The van der Waals surface area contributed by atoms with Gasteiger partial charge in [0.1, 0.15) is 11.3 Å². The van der Waals surface area contributed by atoms with Crippen LogP contribution in [0.25, 0.3) is 0 Å². The normalized spacial score (nSPS) is 15.4. The van der Waals surface area contributed by atoms with Gasteiger partial charge >= 0.3 is 6.09 Å². The van der Waals surface area contributed by atoms with Crippen LogP contribution in [-0.4, -0.2) is 46.7 Å². The number of amides is 3. The number of benzene rings is 1. The molecule has 27 heavy (non-hydrogen) atoms. The van der Waals surface area contributed by atoms with Crippen LogP contribution in [0.4, 0.5) is 10.5 Å². The molecular formula is C19H25N3O5. The van der Waals surface area contributed by atoms with Crippen molar-refractivity contribution in [2.75, 3.05) is 18.5 Å². The van der Waals surface area contributed by atoms with Crippen molar-refractivity contribution in [1.82, 2.24) is 10.2 Å². The van der Waals surface area contributed by atoms with E-state index < -0.39 is 23.5 Å². The molecule has 0 radical (unpaired) electrons. The molecule has 0 spiro atoms. The topological polar surface area (TPSA) is 108 Å². The highest BCUT2D eigenvalue weighted by molar-refractivity contribution is 6.17. The van der Waals surface area contributed by atoms with E-state index in [0.717, 1.165) is 10.5 Å². The van der Waals surface area contributed by atoms with Crippen LogP contribution in [0, 0.1) is 0 Å². The quantitative estimate of drug-likeness (QED) is 0.656. The molecule has 1 unspecified atom stereocenters. The third kappa shape index (κ3) is 5.55. The minimum absolute atomic E-state index is 0.0454. The van der Waals surface area contributed by atoms with Gasteiger partial charge in [-0.15, -0.1) is 0 Å². The van der Waals surface area contributed by atoms with E-state index in [0.29, 0.717) is 5.69 Å². The number of β-amino-alcohol motifs (C(OH)–C–C–N with tert-alkyl or cyclic N) is 1. The minimum Gasteiger partial charge on any atom is -0.444 e. The van der Waals surface area contributed by atoms with Crippen molar-refractivity contribution in [3.05, 3.63) is 41.6 Å². The van der Waals surface area contributed by atoms with Crippen molar-refractivity contribution in [2.45, 2.75) is 39.3 Å². The van der Waals surface area contributed by atoms with Crippen LogP contribution in [0.3, 0.4) is 0 Å². The summed E-state index contributed by atoms with van der Waals surface area (Å²) < 4.78 is 5.25. The van der Waals surface area contributed by atoms with E-state index in [1.165, 1.54) is 6.08 Å². The van der Waals surface area contributed by atoms with Gasteiger partial charge in [0, 0.05) is 11.8 Å². The van der Waals surface area contributed by atoms with Crippen LogP contribution in [-0.2, 0) is 14.3 Å². The second-order valence-electron chi connectivity index (χ2n) is 7.20. The van der Waals surface area contributed by atoms with Crippen molar-refractivity contribution in [3.63, 3.8) is 0 Å². The Labute approximate surface area is 158 Å². The molecule has 8 nitrogen and oxygen atoms in total. The number of imide groups is 1. The Bertz CT molecular complexity index is 767. The highest BCUT2D eigenvalue weighted by Gasteiger charge is 2.30. The summed E-state index contributed by atoms with van der Waals surface area (Å²) in [7, 11) is 0. The summed E-state index contributed by atoms with van der Waals surface area (Å²) in [5.41, 5.74) is 0.951. The van der Waals surface area contributed by atoms with E-state index >= 15 is 0 Å². The Hall–Kier alpha value is -2.87. The third-order valence-electron chi connectivity index (χ3n) is 3.73. The second-order valence-corrected chi connectivity index (χ2v) is 7.20. The van der Waals surface area contributed by atoms with Crippen molar-refractivity contribution in [3.8, 4) is 0 Å². The number of nitrogens with zero attached hydrogens (tertiary/aromatic N) is 1. The molecule has 2 rings (SSSR count). The lowest BCUT2D eigenvalue weighted by atomic mass is 10.1. The van der Waals surface area contributed by atoms with Crippen molar-refractivity contribution < 1.29 is 24.2 Å². The van der Waals surface area contributed by atoms with E-state index in [4.69, 9.17) is 9.84 Å². The third-order valence-corrected chi connectivity index (χ3v) is 3.73. The number of anilines is 1. The average Bonchev–Trinajstić information content (AvgIpc) is 2.81. The Kier molecular flexibility index (Phi) is 6.22. The summed E-state index contributed by atoms with van der Waals surface area (Å²) in [6.07, 6.45) is 0.680. The second kappa shape index (κ2) is 8.22. The number of alkyl carbamates (subject to hydrolysis) is 1. The molecule has 0 saturated carbocycles. The largest absolute Gasteiger partial charge is 0.444 e. The number of carbonyl (C=O) groups is 3. The number of nitrogens with one attached hydrogen (secondary N) is 2. The summed E-state index contributed by atoms with van der Waals surface area (Å²) in [4.78, 5) is 36.9. The predicted molar refractivity (Wildman–Crippen MR) is 99.7 cm³/mol. The van der Waals surface area contributed by atoms with Gasteiger partial charge < -0.3 is 20.5 Å². The lowest BCUT2D eigenvalue weighted by molar-refractivity contribution is -0.137. The molecule has 0 bridgehead atoms. The van der Waals surface area contributed by atoms with Crippen molar-refractivity contribution >= 4 is 23.6 Å². The average molecular weight is 375 g/mol. The number of hydrogen-bond donors (Lipinski definition) is 3. The van der Waals surface area contributed by atoms with Crippen LogP contribution in [0.2, 0.25) is 0 Å². The molecule has 0 fully saturated rings. The standard InChI is InChI=1S/C19H25N3O5/c1-12(20-18(26)27-19(2,3)4)13-6-5-7-14(10-13)21-15-11-16(24)22(8-9-23)17(15)25/h5-7,10-12,21,23H,8-9H2,1-4H3,(H,20,26). The van der Waals surface area contributed by atoms with E-state index in [1.807, 2.05) is 13.0 Å². The Morgan fingerprint density at radius 2 is 2.00 bits per heavy atom. The highest BCUT2D eigenvalue weighted by Crippen LogP contribution is 2.21. The predicted octanol–water partition coefficient (Wildman–Crippen LogP) is 1.93. The van der Waals surface area contributed by atoms with Crippen LogP contribution < -0.4 is 10.6 Å². The fraction of sp³-hybridized carbons (Fsp3) is 0.421. The lowest BCUT2D eigenvalue weighted by Crippen LogP contribution is -2.34. The SMILES string of the molecule is CC(NC(=O)OC(C)(C)C)c1cccc(NC2=CC(=O)N(CCO)C2=O)c1. The van der Waals surface area contributed by atoms with Gasteiger partial charge in [-0.05, 0) is 45.4 Å². The molecule has 1 aromatic rings. The number of hydrogen-bond acceptors (Lipinski definition) is 6. The van der Waals surface area contributed by atoms with Crippen LogP contribution in [0.1, 0.15) is 39.3 Å². The van der Waals surface area contributed by atoms with Crippen molar-refractivity contribution in [2.24, 2.45) is 0 Å².